The molecule has 2 aromatic rings. The second-order valence-corrected chi connectivity index (χ2v) is 9.43. The average Bonchev–Trinajstić information content (AvgIpc) is 2.78. The Morgan fingerprint density at radius 2 is 1.86 bits per heavy atom. The highest BCUT2D eigenvalue weighted by atomic mass is 19.4. The fourth-order valence-corrected chi connectivity index (χ4v) is 3.54. The van der Waals surface area contributed by atoms with Crippen LogP contribution in [-0.2, 0) is 23.9 Å². The van der Waals surface area contributed by atoms with Gasteiger partial charge in [0.25, 0.3) is 0 Å². The molecule has 0 aromatic heterocycles. The first-order chi connectivity index (χ1) is 16.8. The number of aliphatic imine (C=N–C) groups is 1. The van der Waals surface area contributed by atoms with Gasteiger partial charge in [-0.3, -0.25) is 15.1 Å². The number of hydrogen-bond donors (Lipinski definition) is 2. The van der Waals surface area contributed by atoms with Gasteiger partial charge in [-0.2, -0.15) is 18.4 Å². The summed E-state index contributed by atoms with van der Waals surface area (Å²) in [6.07, 6.45) is -2.96. The summed E-state index contributed by atoms with van der Waals surface area (Å²) in [5.74, 6) is -0.381. The van der Waals surface area contributed by atoms with Gasteiger partial charge in [0, 0.05) is 25.2 Å². The number of nitriles is 1. The third-order valence-electron chi connectivity index (χ3n) is 5.26. The molecule has 0 aliphatic rings. The zero-order chi connectivity index (χ0) is 27.1. The van der Waals surface area contributed by atoms with Gasteiger partial charge in [0.15, 0.2) is 6.19 Å². The fraction of sp³-hybridized carbons (Fsp3) is 0.423. The lowest BCUT2D eigenvalue weighted by Gasteiger charge is -2.27. The van der Waals surface area contributed by atoms with Gasteiger partial charge < -0.3 is 14.7 Å². The molecule has 194 valence electrons. The van der Waals surface area contributed by atoms with Crippen molar-refractivity contribution in [3.8, 4) is 23.1 Å². The van der Waals surface area contributed by atoms with Crippen LogP contribution < -0.4 is 10.1 Å². The van der Waals surface area contributed by atoms with Gasteiger partial charge in [-0.05, 0) is 53.3 Å². The number of ether oxygens (including phenoxy) is 1. The molecule has 0 fully saturated rings. The molecule has 7 nitrogen and oxygen atoms in total. The number of benzene rings is 2. The SMILES string of the molecule is CCN(Cc1cc(C(F)(F)F)ccc1-c1cc(CC(=O)O)ccc1OC)C(=NCC(C)(C)C)NC#N. The van der Waals surface area contributed by atoms with E-state index in [1.165, 1.54) is 13.2 Å². The summed E-state index contributed by atoms with van der Waals surface area (Å²) in [4.78, 5) is 17.4. The van der Waals surface area contributed by atoms with E-state index in [2.05, 4.69) is 10.3 Å². The van der Waals surface area contributed by atoms with Gasteiger partial charge in [0.1, 0.15) is 5.75 Å². The molecule has 0 radical (unpaired) electrons. The molecule has 0 atom stereocenters. The highest BCUT2D eigenvalue weighted by molar-refractivity contribution is 5.82. The van der Waals surface area contributed by atoms with Gasteiger partial charge in [-0.25, -0.2) is 0 Å². The van der Waals surface area contributed by atoms with Crippen LogP contribution in [0.4, 0.5) is 13.2 Å². The van der Waals surface area contributed by atoms with Gasteiger partial charge in [0.2, 0.25) is 5.96 Å². The van der Waals surface area contributed by atoms with E-state index < -0.39 is 17.7 Å². The quantitative estimate of drug-likeness (QED) is 0.219. The van der Waals surface area contributed by atoms with Crippen molar-refractivity contribution in [3.63, 3.8) is 0 Å². The maximum atomic E-state index is 13.6. The summed E-state index contributed by atoms with van der Waals surface area (Å²) in [7, 11) is 1.44. The van der Waals surface area contributed by atoms with Crippen molar-refractivity contribution in [2.24, 2.45) is 10.4 Å². The third-order valence-corrected chi connectivity index (χ3v) is 5.26. The molecule has 36 heavy (non-hydrogen) atoms. The van der Waals surface area contributed by atoms with Crippen LogP contribution in [0, 0.1) is 16.9 Å². The van der Waals surface area contributed by atoms with E-state index in [-0.39, 0.29) is 24.3 Å². The lowest BCUT2D eigenvalue weighted by Crippen LogP contribution is -2.39. The van der Waals surface area contributed by atoms with Crippen LogP contribution in [0.3, 0.4) is 0 Å². The molecule has 2 rings (SSSR count). The first kappa shape index (κ1) is 28.5. The molecule has 0 spiro atoms. The minimum atomic E-state index is -4.56. The molecule has 2 aromatic carbocycles. The molecule has 0 unspecified atom stereocenters. The first-order valence-electron chi connectivity index (χ1n) is 11.3. The maximum Gasteiger partial charge on any atom is 0.416 e. The Kier molecular flexibility index (Phi) is 9.34. The van der Waals surface area contributed by atoms with E-state index in [0.717, 1.165) is 12.1 Å². The summed E-state index contributed by atoms with van der Waals surface area (Å²) < 4.78 is 46.3. The molecule has 0 saturated heterocycles. The second kappa shape index (κ2) is 11.8. The number of aliphatic carboxylic acids is 1. The van der Waals surface area contributed by atoms with Crippen molar-refractivity contribution in [3.05, 3.63) is 53.1 Å². The lowest BCUT2D eigenvalue weighted by atomic mass is 9.94. The smallest absolute Gasteiger partial charge is 0.416 e. The van der Waals surface area contributed by atoms with Crippen LogP contribution in [0.25, 0.3) is 11.1 Å². The number of hydrogen-bond acceptors (Lipinski definition) is 4. The summed E-state index contributed by atoms with van der Waals surface area (Å²) >= 11 is 0. The van der Waals surface area contributed by atoms with Gasteiger partial charge in [-0.15, -0.1) is 0 Å². The van der Waals surface area contributed by atoms with Crippen molar-refractivity contribution >= 4 is 11.9 Å². The predicted molar refractivity (Wildman–Crippen MR) is 131 cm³/mol. The van der Waals surface area contributed by atoms with Crippen LogP contribution in [0.5, 0.6) is 5.75 Å². The van der Waals surface area contributed by atoms with E-state index in [9.17, 15) is 28.3 Å². The Morgan fingerprint density at radius 3 is 2.39 bits per heavy atom. The number of rotatable bonds is 8. The predicted octanol–water partition coefficient (Wildman–Crippen LogP) is 5.30. The highest BCUT2D eigenvalue weighted by Gasteiger charge is 2.31. The monoisotopic (exact) mass is 504 g/mol. The molecule has 0 aliphatic carbocycles. The van der Waals surface area contributed by atoms with E-state index in [4.69, 9.17) is 4.74 Å². The molecule has 0 bridgehead atoms. The van der Waals surface area contributed by atoms with Crippen molar-refractivity contribution in [2.75, 3.05) is 20.2 Å². The van der Waals surface area contributed by atoms with Crippen LogP contribution in [0.15, 0.2) is 41.4 Å². The summed E-state index contributed by atoms with van der Waals surface area (Å²) in [5, 5.41) is 21.0. The molecule has 2 N–H and O–H groups in total. The van der Waals surface area contributed by atoms with Gasteiger partial charge >= 0.3 is 12.1 Å². The average molecular weight is 505 g/mol. The zero-order valence-corrected chi connectivity index (χ0v) is 21.0. The Hall–Kier alpha value is -3.74. The number of methoxy groups -OCH3 is 1. The zero-order valence-electron chi connectivity index (χ0n) is 21.0. The standard InChI is InChI=1S/C26H31F3N4O3/c1-6-33(24(32-16-30)31-15-25(2,3)4)14-18-13-19(26(27,28)29)8-9-20(18)21-11-17(12-23(34)35)7-10-22(21)36-5/h7-11,13H,6,12,14-15H2,1-5H3,(H,31,32)(H,34,35). The van der Waals surface area contributed by atoms with E-state index in [1.54, 1.807) is 23.1 Å². The summed E-state index contributed by atoms with van der Waals surface area (Å²) in [5.41, 5.74) is 0.742. The van der Waals surface area contributed by atoms with Crippen LogP contribution in [0.2, 0.25) is 0 Å². The summed E-state index contributed by atoms with van der Waals surface area (Å²) in [6.45, 7) is 8.54. The lowest BCUT2D eigenvalue weighted by molar-refractivity contribution is -0.138. The van der Waals surface area contributed by atoms with Crippen molar-refractivity contribution in [1.29, 1.82) is 5.26 Å². The molecule has 0 heterocycles. The molecule has 0 saturated carbocycles. The second-order valence-electron chi connectivity index (χ2n) is 9.43. The molecule has 0 amide bonds. The number of nitrogens with zero attached hydrogens (tertiary/aromatic N) is 3. The van der Waals surface area contributed by atoms with Crippen molar-refractivity contribution in [1.82, 2.24) is 10.2 Å². The van der Waals surface area contributed by atoms with Crippen LogP contribution in [0.1, 0.15) is 44.4 Å². The van der Waals surface area contributed by atoms with Crippen molar-refractivity contribution in [2.45, 2.75) is 46.8 Å². The van der Waals surface area contributed by atoms with E-state index in [0.29, 0.717) is 41.1 Å². The minimum Gasteiger partial charge on any atom is -0.496 e. The maximum absolute atomic E-state index is 13.6. The number of carbonyl (C=O) groups is 1. The molecule has 0 aliphatic heterocycles. The molecule has 10 heteroatoms. The number of carboxylic acids is 1. The number of nitrogens with one attached hydrogen (secondary N) is 1. The third kappa shape index (κ3) is 7.90. The van der Waals surface area contributed by atoms with E-state index in [1.807, 2.05) is 33.9 Å². The van der Waals surface area contributed by atoms with E-state index >= 15 is 0 Å². The number of halogens is 3. The van der Waals surface area contributed by atoms with Crippen LogP contribution >= 0.6 is 0 Å². The first-order valence-corrected chi connectivity index (χ1v) is 11.3. The topological polar surface area (TPSA) is 98.0 Å². The fourth-order valence-electron chi connectivity index (χ4n) is 3.54. The Bertz CT molecular complexity index is 1150. The Balaban J connectivity index is 2.67. The number of alkyl halides is 3. The summed E-state index contributed by atoms with van der Waals surface area (Å²) in [6, 6.07) is 8.22. The highest BCUT2D eigenvalue weighted by Crippen LogP contribution is 2.38. The molecular weight excluding hydrogens is 473 g/mol. The van der Waals surface area contributed by atoms with Crippen molar-refractivity contribution < 1.29 is 27.8 Å². The Morgan fingerprint density at radius 1 is 1.17 bits per heavy atom. The minimum absolute atomic E-state index is 0.0136. The van der Waals surface area contributed by atoms with Gasteiger partial charge in [-0.1, -0.05) is 32.9 Å². The number of guanidine groups is 1. The van der Waals surface area contributed by atoms with Crippen LogP contribution in [-0.4, -0.2) is 42.1 Å². The van der Waals surface area contributed by atoms with Gasteiger partial charge in [0.05, 0.1) is 19.1 Å². The molecular formula is C26H31F3N4O3. The Labute approximate surface area is 209 Å². The normalized spacial score (nSPS) is 12.1. The number of carboxylic acid groups (broad SMARTS) is 1. The largest absolute Gasteiger partial charge is 0.496 e.